The number of benzene rings is 1. The van der Waals surface area contributed by atoms with Crippen molar-refractivity contribution in [2.75, 3.05) is 19.8 Å². The average molecular weight is 264 g/mol. The fraction of sp³-hybridized carbons (Fsp3) is 0.647. The van der Waals surface area contributed by atoms with E-state index in [1.54, 1.807) is 0 Å². The van der Waals surface area contributed by atoms with Gasteiger partial charge in [0, 0.05) is 6.61 Å². The minimum Gasteiger partial charge on any atom is -0.491 e. The van der Waals surface area contributed by atoms with Crippen LogP contribution in [-0.2, 0) is 4.74 Å². The maximum atomic E-state index is 5.56. The predicted octanol–water partition coefficient (Wildman–Crippen LogP) is 4.83. The summed E-state index contributed by atoms with van der Waals surface area (Å²) in [6.45, 7) is 4.45. The van der Waals surface area contributed by atoms with Crippen LogP contribution >= 0.6 is 0 Å². The van der Waals surface area contributed by atoms with Crippen molar-refractivity contribution in [3.05, 3.63) is 30.3 Å². The molecule has 1 aromatic carbocycles. The molecular weight excluding hydrogens is 236 g/mol. The first-order valence-corrected chi connectivity index (χ1v) is 7.69. The van der Waals surface area contributed by atoms with Crippen LogP contribution in [0.4, 0.5) is 0 Å². The summed E-state index contributed by atoms with van der Waals surface area (Å²) in [5, 5.41) is 0. The maximum Gasteiger partial charge on any atom is 0.119 e. The Kier molecular flexibility index (Phi) is 10.2. The van der Waals surface area contributed by atoms with E-state index in [4.69, 9.17) is 9.47 Å². The summed E-state index contributed by atoms with van der Waals surface area (Å²) in [4.78, 5) is 0. The van der Waals surface area contributed by atoms with Crippen molar-refractivity contribution in [2.24, 2.45) is 0 Å². The molecule has 0 saturated carbocycles. The first-order chi connectivity index (χ1) is 9.43. The summed E-state index contributed by atoms with van der Waals surface area (Å²) in [6.07, 6.45) is 9.30. The Labute approximate surface area is 118 Å². The van der Waals surface area contributed by atoms with Gasteiger partial charge >= 0.3 is 0 Å². The molecule has 0 saturated heterocycles. The van der Waals surface area contributed by atoms with Gasteiger partial charge in [-0.3, -0.25) is 0 Å². The Balaban J connectivity index is 1.79. The van der Waals surface area contributed by atoms with E-state index in [-0.39, 0.29) is 0 Å². The van der Waals surface area contributed by atoms with Crippen molar-refractivity contribution < 1.29 is 9.47 Å². The van der Waals surface area contributed by atoms with E-state index >= 15 is 0 Å². The normalized spacial score (nSPS) is 10.6. The van der Waals surface area contributed by atoms with E-state index in [9.17, 15) is 0 Å². The minimum absolute atomic E-state index is 0.639. The number of ether oxygens (including phenoxy) is 2. The van der Waals surface area contributed by atoms with Crippen LogP contribution in [0.25, 0.3) is 0 Å². The third kappa shape index (κ3) is 9.54. The molecule has 19 heavy (non-hydrogen) atoms. The van der Waals surface area contributed by atoms with E-state index in [1.807, 2.05) is 30.3 Å². The molecule has 0 radical (unpaired) electrons. The summed E-state index contributed by atoms with van der Waals surface area (Å²) in [5.74, 6) is 0.919. The fourth-order valence-electron chi connectivity index (χ4n) is 2.00. The second-order valence-corrected chi connectivity index (χ2v) is 4.90. The van der Waals surface area contributed by atoms with Gasteiger partial charge in [-0.15, -0.1) is 0 Å². The highest BCUT2D eigenvalue weighted by Crippen LogP contribution is 2.08. The molecule has 0 aliphatic heterocycles. The molecule has 0 atom stereocenters. The van der Waals surface area contributed by atoms with Crippen LogP contribution in [0, 0.1) is 0 Å². The third-order valence-electron chi connectivity index (χ3n) is 3.13. The molecule has 0 fully saturated rings. The standard InChI is InChI=1S/C17H28O2/c1-2-3-4-5-6-7-11-14-18-15-16-19-17-12-9-8-10-13-17/h8-10,12-13H,2-7,11,14-16H2,1H3. The number of unbranched alkanes of at least 4 members (excludes halogenated alkanes) is 6. The van der Waals surface area contributed by atoms with Gasteiger partial charge in [-0.25, -0.2) is 0 Å². The van der Waals surface area contributed by atoms with Crippen molar-refractivity contribution in [3.8, 4) is 5.75 Å². The Bertz CT molecular complexity index is 285. The lowest BCUT2D eigenvalue weighted by molar-refractivity contribution is 0.0970. The quantitative estimate of drug-likeness (QED) is 0.503. The Morgan fingerprint density at radius 2 is 1.42 bits per heavy atom. The maximum absolute atomic E-state index is 5.56. The number of rotatable bonds is 12. The highest BCUT2D eigenvalue weighted by Gasteiger charge is 1.93. The van der Waals surface area contributed by atoms with Gasteiger partial charge in [-0.2, -0.15) is 0 Å². The van der Waals surface area contributed by atoms with Crippen molar-refractivity contribution in [2.45, 2.75) is 51.9 Å². The molecule has 1 rings (SSSR count). The van der Waals surface area contributed by atoms with Gasteiger partial charge in [-0.1, -0.05) is 63.6 Å². The fourth-order valence-corrected chi connectivity index (χ4v) is 2.00. The highest BCUT2D eigenvalue weighted by molar-refractivity contribution is 5.20. The summed E-state index contributed by atoms with van der Waals surface area (Å²) >= 11 is 0. The molecule has 0 spiro atoms. The lowest BCUT2D eigenvalue weighted by atomic mass is 10.1. The Morgan fingerprint density at radius 3 is 2.16 bits per heavy atom. The monoisotopic (exact) mass is 264 g/mol. The molecule has 1 aromatic rings. The largest absolute Gasteiger partial charge is 0.491 e. The summed E-state index contributed by atoms with van der Waals surface area (Å²) in [5.41, 5.74) is 0. The number of hydrogen-bond donors (Lipinski definition) is 0. The van der Waals surface area contributed by atoms with E-state index in [0.717, 1.165) is 12.4 Å². The second-order valence-electron chi connectivity index (χ2n) is 4.90. The molecule has 0 aliphatic rings. The van der Waals surface area contributed by atoms with Gasteiger partial charge in [0.1, 0.15) is 12.4 Å². The van der Waals surface area contributed by atoms with Crippen molar-refractivity contribution in [1.82, 2.24) is 0 Å². The molecule has 0 amide bonds. The average Bonchev–Trinajstić information content (AvgIpc) is 2.46. The van der Waals surface area contributed by atoms with Gasteiger partial charge in [0.15, 0.2) is 0 Å². The Morgan fingerprint density at radius 1 is 0.737 bits per heavy atom. The van der Waals surface area contributed by atoms with Gasteiger partial charge in [0.2, 0.25) is 0 Å². The lowest BCUT2D eigenvalue weighted by Crippen LogP contribution is -2.07. The van der Waals surface area contributed by atoms with Gasteiger partial charge in [0.05, 0.1) is 6.61 Å². The molecule has 0 heterocycles. The Hall–Kier alpha value is -1.02. The number of hydrogen-bond acceptors (Lipinski definition) is 2. The molecule has 108 valence electrons. The van der Waals surface area contributed by atoms with Gasteiger partial charge in [-0.05, 0) is 18.6 Å². The topological polar surface area (TPSA) is 18.5 Å². The summed E-state index contributed by atoms with van der Waals surface area (Å²) in [7, 11) is 0. The lowest BCUT2D eigenvalue weighted by Gasteiger charge is -2.07. The van der Waals surface area contributed by atoms with E-state index < -0.39 is 0 Å². The van der Waals surface area contributed by atoms with E-state index in [2.05, 4.69) is 6.92 Å². The molecular formula is C17H28O2. The van der Waals surface area contributed by atoms with Crippen molar-refractivity contribution in [3.63, 3.8) is 0 Å². The van der Waals surface area contributed by atoms with E-state index in [0.29, 0.717) is 13.2 Å². The first kappa shape index (κ1) is 16.0. The van der Waals surface area contributed by atoms with E-state index in [1.165, 1.54) is 44.9 Å². The van der Waals surface area contributed by atoms with Crippen LogP contribution in [0.15, 0.2) is 30.3 Å². The summed E-state index contributed by atoms with van der Waals surface area (Å²) in [6, 6.07) is 9.89. The molecule has 2 nitrogen and oxygen atoms in total. The highest BCUT2D eigenvalue weighted by atomic mass is 16.5. The molecule has 2 heteroatoms. The second kappa shape index (κ2) is 12.0. The molecule has 0 unspecified atom stereocenters. The molecule has 0 bridgehead atoms. The van der Waals surface area contributed by atoms with Crippen LogP contribution in [0.1, 0.15) is 51.9 Å². The zero-order valence-electron chi connectivity index (χ0n) is 12.3. The summed E-state index contributed by atoms with van der Waals surface area (Å²) < 4.78 is 11.1. The molecule has 0 N–H and O–H groups in total. The van der Waals surface area contributed by atoms with Crippen LogP contribution < -0.4 is 4.74 Å². The van der Waals surface area contributed by atoms with Crippen molar-refractivity contribution >= 4 is 0 Å². The van der Waals surface area contributed by atoms with Gasteiger partial charge in [0.25, 0.3) is 0 Å². The number of para-hydroxylation sites is 1. The van der Waals surface area contributed by atoms with Crippen LogP contribution in [0.3, 0.4) is 0 Å². The first-order valence-electron chi connectivity index (χ1n) is 7.69. The zero-order valence-corrected chi connectivity index (χ0v) is 12.3. The smallest absolute Gasteiger partial charge is 0.119 e. The minimum atomic E-state index is 0.639. The van der Waals surface area contributed by atoms with Crippen LogP contribution in [0.2, 0.25) is 0 Å². The van der Waals surface area contributed by atoms with Crippen LogP contribution in [0.5, 0.6) is 5.75 Å². The molecule has 0 aliphatic carbocycles. The molecule has 0 aromatic heterocycles. The van der Waals surface area contributed by atoms with Crippen LogP contribution in [-0.4, -0.2) is 19.8 Å². The SMILES string of the molecule is CCCCCCCCCOCCOc1ccccc1. The van der Waals surface area contributed by atoms with Crippen molar-refractivity contribution in [1.29, 1.82) is 0 Å². The third-order valence-corrected chi connectivity index (χ3v) is 3.13. The zero-order chi connectivity index (χ0) is 13.6. The predicted molar refractivity (Wildman–Crippen MR) is 80.7 cm³/mol. The van der Waals surface area contributed by atoms with Gasteiger partial charge < -0.3 is 9.47 Å².